The number of hydrogen-bond donors (Lipinski definition) is 1. The molecule has 4 heteroatoms. The molecule has 0 amide bonds. The zero-order valence-corrected chi connectivity index (χ0v) is 13.2. The number of benzene rings is 2. The van der Waals surface area contributed by atoms with Gasteiger partial charge < -0.3 is 14.7 Å². The van der Waals surface area contributed by atoms with Crippen LogP contribution in [0.4, 0.5) is 0 Å². The van der Waals surface area contributed by atoms with Gasteiger partial charge in [-0.15, -0.1) is 0 Å². The zero-order valence-electron chi connectivity index (χ0n) is 13.2. The predicted molar refractivity (Wildman–Crippen MR) is 90.7 cm³/mol. The Morgan fingerprint density at radius 1 is 1.04 bits per heavy atom. The number of hydrogen-bond acceptors (Lipinski definition) is 4. The highest BCUT2D eigenvalue weighted by molar-refractivity contribution is 5.85. The van der Waals surface area contributed by atoms with Gasteiger partial charge in [0.05, 0.1) is 19.4 Å². The van der Waals surface area contributed by atoms with Gasteiger partial charge in [-0.3, -0.25) is 0 Å². The van der Waals surface area contributed by atoms with Crippen molar-refractivity contribution in [3.05, 3.63) is 48.0 Å². The van der Waals surface area contributed by atoms with Crippen molar-refractivity contribution in [1.82, 2.24) is 0 Å². The fraction of sp³-hybridized carbons (Fsp3) is 0.316. The van der Waals surface area contributed by atoms with Gasteiger partial charge in [0, 0.05) is 5.56 Å². The van der Waals surface area contributed by atoms with Crippen molar-refractivity contribution in [1.29, 1.82) is 0 Å². The molecule has 3 rings (SSSR count). The van der Waals surface area contributed by atoms with Crippen molar-refractivity contribution in [3.63, 3.8) is 0 Å². The molecule has 0 radical (unpaired) electrons. The van der Waals surface area contributed by atoms with Crippen LogP contribution in [0.2, 0.25) is 0 Å². The highest BCUT2D eigenvalue weighted by Gasteiger charge is 2.16. The van der Waals surface area contributed by atoms with Gasteiger partial charge in [-0.1, -0.05) is 23.4 Å². The highest BCUT2D eigenvalue weighted by atomic mass is 16.5. The summed E-state index contributed by atoms with van der Waals surface area (Å²) in [5, 5.41) is 11.7. The van der Waals surface area contributed by atoms with E-state index in [9.17, 15) is 0 Å². The summed E-state index contributed by atoms with van der Waals surface area (Å²) >= 11 is 0. The molecule has 2 aromatic rings. The van der Waals surface area contributed by atoms with Crippen molar-refractivity contribution in [3.8, 4) is 22.6 Å². The molecular weight excluding hydrogens is 290 g/mol. The van der Waals surface area contributed by atoms with Crippen LogP contribution in [0, 0.1) is 0 Å². The second-order valence-electron chi connectivity index (χ2n) is 5.75. The van der Waals surface area contributed by atoms with Crippen molar-refractivity contribution in [2.24, 2.45) is 5.16 Å². The minimum Gasteiger partial charge on any atom is -0.496 e. The molecule has 0 aromatic heterocycles. The summed E-state index contributed by atoms with van der Waals surface area (Å²) in [4.78, 5) is 0. The lowest BCUT2D eigenvalue weighted by Gasteiger charge is -2.13. The van der Waals surface area contributed by atoms with Gasteiger partial charge in [0.2, 0.25) is 0 Å². The molecule has 0 atom stereocenters. The van der Waals surface area contributed by atoms with E-state index in [2.05, 4.69) is 17.3 Å². The lowest BCUT2D eigenvalue weighted by Crippen LogP contribution is -2.10. The Labute approximate surface area is 136 Å². The Balaban J connectivity index is 1.78. The molecule has 0 unspecified atom stereocenters. The molecule has 4 nitrogen and oxygen atoms in total. The molecular formula is C19H21NO3. The average Bonchev–Trinajstić information content (AvgIpc) is 3.09. The molecule has 1 N–H and O–H groups in total. The van der Waals surface area contributed by atoms with Crippen molar-refractivity contribution in [2.45, 2.75) is 31.8 Å². The first-order valence-corrected chi connectivity index (χ1v) is 7.92. The van der Waals surface area contributed by atoms with E-state index < -0.39 is 0 Å². The number of methoxy groups -OCH3 is 1. The second kappa shape index (κ2) is 7.18. The van der Waals surface area contributed by atoms with E-state index in [1.54, 1.807) is 7.11 Å². The Hall–Kier alpha value is -2.49. The maximum absolute atomic E-state index is 8.67. The van der Waals surface area contributed by atoms with Crippen LogP contribution in [0.15, 0.2) is 47.6 Å². The predicted octanol–water partition coefficient (Wildman–Crippen LogP) is 4.49. The van der Waals surface area contributed by atoms with E-state index in [0.717, 1.165) is 35.3 Å². The lowest BCUT2D eigenvalue weighted by atomic mass is 10.0. The Morgan fingerprint density at radius 3 is 2.39 bits per heavy atom. The van der Waals surface area contributed by atoms with Crippen LogP contribution in [0.1, 0.15) is 31.2 Å². The molecule has 0 heterocycles. The van der Waals surface area contributed by atoms with Crippen LogP contribution in [-0.4, -0.2) is 24.6 Å². The van der Waals surface area contributed by atoms with Crippen LogP contribution < -0.4 is 9.47 Å². The molecule has 2 aromatic carbocycles. The number of nitrogens with zero attached hydrogens (tertiary/aromatic N) is 1. The molecule has 1 fully saturated rings. The third kappa shape index (κ3) is 3.65. The average molecular weight is 311 g/mol. The van der Waals surface area contributed by atoms with E-state index in [0.29, 0.717) is 11.9 Å². The molecule has 1 aliphatic rings. The van der Waals surface area contributed by atoms with E-state index in [1.165, 1.54) is 19.1 Å². The Bertz CT molecular complexity index is 674. The van der Waals surface area contributed by atoms with Gasteiger partial charge in [-0.2, -0.15) is 0 Å². The molecule has 1 aliphatic carbocycles. The quantitative estimate of drug-likeness (QED) is 0.503. The minimum atomic E-state index is 0.373. The van der Waals surface area contributed by atoms with Gasteiger partial charge in [-0.05, 0) is 61.1 Å². The fourth-order valence-electron chi connectivity index (χ4n) is 2.98. The summed E-state index contributed by atoms with van der Waals surface area (Å²) in [7, 11) is 1.60. The molecule has 0 saturated heterocycles. The van der Waals surface area contributed by atoms with Crippen molar-refractivity contribution >= 4 is 6.21 Å². The molecule has 120 valence electrons. The third-order valence-corrected chi connectivity index (χ3v) is 4.22. The van der Waals surface area contributed by atoms with Gasteiger partial charge in [-0.25, -0.2) is 0 Å². The number of rotatable bonds is 5. The molecule has 1 saturated carbocycles. The maximum atomic E-state index is 8.67. The lowest BCUT2D eigenvalue weighted by molar-refractivity contribution is 0.210. The first kappa shape index (κ1) is 15.4. The first-order valence-electron chi connectivity index (χ1n) is 7.92. The molecule has 23 heavy (non-hydrogen) atoms. The third-order valence-electron chi connectivity index (χ3n) is 4.22. The van der Waals surface area contributed by atoms with Gasteiger partial charge in [0.15, 0.2) is 0 Å². The largest absolute Gasteiger partial charge is 0.496 e. The summed E-state index contributed by atoms with van der Waals surface area (Å²) < 4.78 is 11.3. The van der Waals surface area contributed by atoms with E-state index in [1.807, 2.05) is 30.3 Å². The van der Waals surface area contributed by atoms with E-state index in [-0.39, 0.29) is 0 Å². The summed E-state index contributed by atoms with van der Waals surface area (Å²) in [6.45, 7) is 0. The topological polar surface area (TPSA) is 51.0 Å². The summed E-state index contributed by atoms with van der Waals surface area (Å²) in [6, 6.07) is 13.9. The number of ether oxygens (including phenoxy) is 2. The Kier molecular flexibility index (Phi) is 4.81. The molecule has 0 bridgehead atoms. The summed E-state index contributed by atoms with van der Waals surface area (Å²) in [5.74, 6) is 1.60. The van der Waals surface area contributed by atoms with Gasteiger partial charge >= 0.3 is 0 Å². The van der Waals surface area contributed by atoms with Crippen LogP contribution in [0.5, 0.6) is 11.5 Å². The summed E-state index contributed by atoms with van der Waals surface area (Å²) in [6.07, 6.45) is 6.59. The molecule has 0 spiro atoms. The Morgan fingerprint density at radius 2 is 1.74 bits per heavy atom. The first-order chi connectivity index (χ1) is 11.3. The standard InChI is InChI=1S/C19H21NO3/c1-22-19-12-15(6-7-16(19)13-20-21)14-8-10-18(11-9-14)23-17-4-2-3-5-17/h6-13,17,21H,2-5H2,1H3/b20-13+. The van der Waals surface area contributed by atoms with Crippen molar-refractivity contribution in [2.75, 3.05) is 7.11 Å². The van der Waals surface area contributed by atoms with E-state index in [4.69, 9.17) is 14.7 Å². The molecule has 0 aliphatic heterocycles. The van der Waals surface area contributed by atoms with Crippen LogP contribution >= 0.6 is 0 Å². The van der Waals surface area contributed by atoms with E-state index >= 15 is 0 Å². The van der Waals surface area contributed by atoms with Gasteiger partial charge in [0.25, 0.3) is 0 Å². The second-order valence-corrected chi connectivity index (χ2v) is 5.75. The van der Waals surface area contributed by atoms with Crippen LogP contribution in [0.3, 0.4) is 0 Å². The monoisotopic (exact) mass is 311 g/mol. The summed E-state index contributed by atoms with van der Waals surface area (Å²) in [5.41, 5.74) is 2.87. The van der Waals surface area contributed by atoms with Crippen LogP contribution in [0.25, 0.3) is 11.1 Å². The zero-order chi connectivity index (χ0) is 16.1. The smallest absolute Gasteiger partial charge is 0.128 e. The minimum absolute atomic E-state index is 0.373. The van der Waals surface area contributed by atoms with Gasteiger partial charge in [0.1, 0.15) is 11.5 Å². The maximum Gasteiger partial charge on any atom is 0.128 e. The normalized spacial score (nSPS) is 15.2. The SMILES string of the molecule is COc1cc(-c2ccc(OC3CCCC3)cc2)ccc1/C=N/O. The fourth-order valence-corrected chi connectivity index (χ4v) is 2.98. The highest BCUT2D eigenvalue weighted by Crippen LogP contribution is 2.29. The van der Waals surface area contributed by atoms with Crippen molar-refractivity contribution < 1.29 is 14.7 Å². The van der Waals surface area contributed by atoms with Crippen LogP contribution in [-0.2, 0) is 0 Å². The number of oxime groups is 1.